The lowest BCUT2D eigenvalue weighted by atomic mass is 9.85. The lowest BCUT2D eigenvalue weighted by molar-refractivity contribution is 0.0824. The summed E-state index contributed by atoms with van der Waals surface area (Å²) in [7, 11) is 0. The summed E-state index contributed by atoms with van der Waals surface area (Å²) in [5.74, 6) is 2.29. The molecule has 0 amide bonds. The quantitative estimate of drug-likeness (QED) is 0.307. The SMILES string of the molecule is CCOc1c(Cl)cc(C(C)(C)COCc2cccc(Oc3ccccc3)c2)cc1Br. The Morgan fingerprint density at radius 1 is 0.933 bits per heavy atom. The maximum Gasteiger partial charge on any atom is 0.152 e. The van der Waals surface area contributed by atoms with Gasteiger partial charge in [0.1, 0.15) is 11.5 Å². The van der Waals surface area contributed by atoms with Gasteiger partial charge in [-0.15, -0.1) is 0 Å². The zero-order chi connectivity index (χ0) is 21.6. The number of hydrogen-bond acceptors (Lipinski definition) is 3. The van der Waals surface area contributed by atoms with Gasteiger partial charge in [-0.3, -0.25) is 0 Å². The molecule has 3 aromatic rings. The van der Waals surface area contributed by atoms with Crippen molar-refractivity contribution in [2.75, 3.05) is 13.2 Å². The third kappa shape index (κ3) is 6.00. The van der Waals surface area contributed by atoms with Crippen molar-refractivity contribution in [3.8, 4) is 17.2 Å². The summed E-state index contributed by atoms with van der Waals surface area (Å²) >= 11 is 9.99. The normalized spacial score (nSPS) is 11.4. The predicted molar refractivity (Wildman–Crippen MR) is 126 cm³/mol. The van der Waals surface area contributed by atoms with E-state index in [2.05, 4.69) is 35.8 Å². The fraction of sp³-hybridized carbons (Fsp3) is 0.280. The molecule has 0 bridgehead atoms. The number of halogens is 2. The maximum atomic E-state index is 6.42. The molecule has 0 radical (unpaired) electrons. The van der Waals surface area contributed by atoms with Crippen LogP contribution in [-0.2, 0) is 16.8 Å². The largest absolute Gasteiger partial charge is 0.491 e. The predicted octanol–water partition coefficient (Wildman–Crippen LogP) is 7.79. The van der Waals surface area contributed by atoms with Gasteiger partial charge in [0, 0.05) is 5.41 Å². The van der Waals surface area contributed by atoms with Crippen molar-refractivity contribution >= 4 is 27.5 Å². The second-order valence-corrected chi connectivity index (χ2v) is 8.90. The molecule has 3 rings (SSSR count). The van der Waals surface area contributed by atoms with Gasteiger partial charge in [0.2, 0.25) is 0 Å². The first-order valence-corrected chi connectivity index (χ1v) is 11.1. The lowest BCUT2D eigenvalue weighted by Gasteiger charge is -2.26. The Morgan fingerprint density at radius 3 is 2.37 bits per heavy atom. The van der Waals surface area contributed by atoms with Gasteiger partial charge < -0.3 is 14.2 Å². The van der Waals surface area contributed by atoms with Gasteiger partial charge in [-0.25, -0.2) is 0 Å². The van der Waals surface area contributed by atoms with Crippen LogP contribution in [0.5, 0.6) is 17.2 Å². The van der Waals surface area contributed by atoms with Crippen LogP contribution in [0.25, 0.3) is 0 Å². The molecule has 0 aromatic heterocycles. The zero-order valence-corrected chi connectivity index (χ0v) is 19.8. The Kier molecular flexibility index (Phi) is 7.81. The van der Waals surface area contributed by atoms with Crippen molar-refractivity contribution in [2.24, 2.45) is 0 Å². The van der Waals surface area contributed by atoms with Gasteiger partial charge in [0.25, 0.3) is 0 Å². The lowest BCUT2D eigenvalue weighted by Crippen LogP contribution is -2.24. The summed E-state index contributed by atoms with van der Waals surface area (Å²) in [6.07, 6.45) is 0. The van der Waals surface area contributed by atoms with Crippen molar-refractivity contribution in [1.29, 1.82) is 0 Å². The molecule has 0 spiro atoms. The number of benzene rings is 3. The first-order valence-electron chi connectivity index (χ1n) is 9.91. The van der Waals surface area contributed by atoms with Crippen molar-refractivity contribution < 1.29 is 14.2 Å². The minimum Gasteiger partial charge on any atom is -0.491 e. The van der Waals surface area contributed by atoms with Gasteiger partial charge in [-0.05, 0) is 70.4 Å². The highest BCUT2D eigenvalue weighted by Gasteiger charge is 2.24. The molecule has 5 heteroatoms. The highest BCUT2D eigenvalue weighted by atomic mass is 79.9. The molecule has 0 heterocycles. The van der Waals surface area contributed by atoms with Crippen LogP contribution in [0.3, 0.4) is 0 Å². The van der Waals surface area contributed by atoms with E-state index in [-0.39, 0.29) is 5.41 Å². The van der Waals surface area contributed by atoms with E-state index in [1.54, 1.807) is 0 Å². The molecule has 0 aliphatic carbocycles. The van der Waals surface area contributed by atoms with Crippen LogP contribution < -0.4 is 9.47 Å². The molecular formula is C25H26BrClO3. The van der Waals surface area contributed by atoms with Crippen LogP contribution in [0.4, 0.5) is 0 Å². The Bertz CT molecular complexity index is 950. The Labute approximate surface area is 192 Å². The Hall–Kier alpha value is -2.01. The van der Waals surface area contributed by atoms with E-state index in [1.807, 2.05) is 67.6 Å². The molecule has 3 aromatic carbocycles. The molecular weight excluding hydrogens is 464 g/mol. The third-order valence-electron chi connectivity index (χ3n) is 4.68. The molecule has 0 aliphatic rings. The smallest absolute Gasteiger partial charge is 0.152 e. The van der Waals surface area contributed by atoms with E-state index in [0.29, 0.717) is 30.6 Å². The molecule has 0 saturated heterocycles. The summed E-state index contributed by atoms with van der Waals surface area (Å²) in [5, 5.41) is 0.597. The molecule has 158 valence electrons. The number of ether oxygens (including phenoxy) is 3. The van der Waals surface area contributed by atoms with Crippen LogP contribution in [-0.4, -0.2) is 13.2 Å². The maximum absolute atomic E-state index is 6.42. The van der Waals surface area contributed by atoms with E-state index < -0.39 is 0 Å². The van der Waals surface area contributed by atoms with Gasteiger partial charge >= 0.3 is 0 Å². The summed E-state index contributed by atoms with van der Waals surface area (Å²) in [6, 6.07) is 21.7. The average molecular weight is 490 g/mol. The van der Waals surface area contributed by atoms with Crippen LogP contribution >= 0.6 is 27.5 Å². The molecule has 0 fully saturated rings. The van der Waals surface area contributed by atoms with Crippen molar-refractivity contribution in [2.45, 2.75) is 32.8 Å². The van der Waals surface area contributed by atoms with Crippen molar-refractivity contribution in [3.63, 3.8) is 0 Å². The molecule has 30 heavy (non-hydrogen) atoms. The third-order valence-corrected chi connectivity index (χ3v) is 5.55. The fourth-order valence-corrected chi connectivity index (χ4v) is 4.03. The second-order valence-electron chi connectivity index (χ2n) is 7.64. The molecule has 0 saturated carbocycles. The summed E-state index contributed by atoms with van der Waals surface area (Å²) in [5.41, 5.74) is 1.93. The Balaban J connectivity index is 1.62. The first kappa shape index (κ1) is 22.7. The monoisotopic (exact) mass is 488 g/mol. The number of hydrogen-bond donors (Lipinski definition) is 0. The van der Waals surface area contributed by atoms with E-state index >= 15 is 0 Å². The van der Waals surface area contributed by atoms with Crippen LogP contribution in [0.2, 0.25) is 5.02 Å². The molecule has 0 atom stereocenters. The summed E-state index contributed by atoms with van der Waals surface area (Å²) < 4.78 is 18.4. The highest BCUT2D eigenvalue weighted by molar-refractivity contribution is 9.10. The van der Waals surface area contributed by atoms with Crippen LogP contribution in [0.1, 0.15) is 31.9 Å². The van der Waals surface area contributed by atoms with Gasteiger partial charge in [-0.1, -0.05) is 55.8 Å². The first-order chi connectivity index (χ1) is 14.4. The van der Waals surface area contributed by atoms with Gasteiger partial charge in [0.05, 0.1) is 29.3 Å². The average Bonchev–Trinajstić information content (AvgIpc) is 2.71. The summed E-state index contributed by atoms with van der Waals surface area (Å²) in [6.45, 7) is 7.83. The molecule has 3 nitrogen and oxygen atoms in total. The minimum absolute atomic E-state index is 0.213. The van der Waals surface area contributed by atoms with E-state index in [4.69, 9.17) is 25.8 Å². The molecule has 0 aliphatic heterocycles. The Morgan fingerprint density at radius 2 is 1.67 bits per heavy atom. The zero-order valence-electron chi connectivity index (χ0n) is 17.5. The van der Waals surface area contributed by atoms with Gasteiger partial charge in [-0.2, -0.15) is 0 Å². The topological polar surface area (TPSA) is 27.7 Å². The van der Waals surface area contributed by atoms with E-state index in [1.165, 1.54) is 0 Å². The second kappa shape index (κ2) is 10.3. The summed E-state index contributed by atoms with van der Waals surface area (Å²) in [4.78, 5) is 0. The van der Waals surface area contributed by atoms with E-state index in [9.17, 15) is 0 Å². The minimum atomic E-state index is -0.213. The standard InChI is InChI=1S/C25H26BrClO3/c1-4-29-24-22(26)14-19(15-23(24)27)25(2,3)17-28-16-18-9-8-12-21(13-18)30-20-10-6-5-7-11-20/h5-15H,4,16-17H2,1-3H3. The van der Waals surface area contributed by atoms with Crippen molar-refractivity contribution in [1.82, 2.24) is 0 Å². The fourth-order valence-electron chi connectivity index (χ4n) is 3.06. The molecule has 0 N–H and O–H groups in total. The highest BCUT2D eigenvalue weighted by Crippen LogP contribution is 2.38. The van der Waals surface area contributed by atoms with Crippen molar-refractivity contribution in [3.05, 3.63) is 87.4 Å². The molecule has 0 unspecified atom stereocenters. The van der Waals surface area contributed by atoms with E-state index in [0.717, 1.165) is 27.1 Å². The number of rotatable bonds is 9. The van der Waals surface area contributed by atoms with Crippen LogP contribution in [0, 0.1) is 0 Å². The number of para-hydroxylation sites is 1. The van der Waals surface area contributed by atoms with Gasteiger partial charge in [0.15, 0.2) is 5.75 Å². The van der Waals surface area contributed by atoms with Crippen LogP contribution in [0.15, 0.2) is 71.2 Å².